The zero-order chi connectivity index (χ0) is 21.1. The monoisotopic (exact) mass is 425 g/mol. The molecule has 30 heavy (non-hydrogen) atoms. The summed E-state index contributed by atoms with van der Waals surface area (Å²) in [5, 5.41) is 7.90. The minimum Gasteiger partial charge on any atom is -0.372 e. The van der Waals surface area contributed by atoms with Crippen LogP contribution < -0.4 is 10.2 Å². The molecule has 0 saturated carbocycles. The van der Waals surface area contributed by atoms with Crippen molar-refractivity contribution in [3.8, 4) is 0 Å². The zero-order valence-electron chi connectivity index (χ0n) is 17.0. The fourth-order valence-corrected chi connectivity index (χ4v) is 3.71. The molecule has 1 saturated heterocycles. The van der Waals surface area contributed by atoms with Crippen LogP contribution in [-0.4, -0.2) is 46.0 Å². The van der Waals surface area contributed by atoms with Gasteiger partial charge in [0.15, 0.2) is 0 Å². The van der Waals surface area contributed by atoms with Crippen LogP contribution in [-0.2, 0) is 11.3 Å². The Bertz CT molecular complexity index is 993. The third-order valence-electron chi connectivity index (χ3n) is 4.96. The molecule has 1 aromatic carbocycles. The average Bonchev–Trinajstić information content (AvgIpc) is 3.15. The second kappa shape index (κ2) is 8.85. The van der Waals surface area contributed by atoms with Crippen LogP contribution >= 0.6 is 11.6 Å². The van der Waals surface area contributed by atoms with E-state index < -0.39 is 0 Å². The van der Waals surface area contributed by atoms with E-state index in [2.05, 4.69) is 34.1 Å². The highest BCUT2D eigenvalue weighted by atomic mass is 35.5. The van der Waals surface area contributed by atoms with Gasteiger partial charge in [-0.15, -0.1) is 0 Å². The van der Waals surface area contributed by atoms with E-state index in [1.807, 2.05) is 30.3 Å². The largest absolute Gasteiger partial charge is 0.372 e. The van der Waals surface area contributed by atoms with E-state index in [9.17, 15) is 4.79 Å². The van der Waals surface area contributed by atoms with Gasteiger partial charge in [0.1, 0.15) is 11.6 Å². The quantitative estimate of drug-likeness (QED) is 0.672. The van der Waals surface area contributed by atoms with Gasteiger partial charge in [-0.25, -0.2) is 9.67 Å². The Labute approximate surface area is 180 Å². The van der Waals surface area contributed by atoms with E-state index >= 15 is 0 Å². The molecule has 3 aromatic rings. The molecule has 0 radical (unpaired) electrons. The lowest BCUT2D eigenvalue weighted by molar-refractivity contribution is -0.00546. The molecule has 2 atom stereocenters. The number of carbonyl (C=O) groups is 1. The predicted octanol–water partition coefficient (Wildman–Crippen LogP) is 3.85. The molecule has 0 spiro atoms. The maximum Gasteiger partial charge on any atom is 0.258 e. The SMILES string of the molecule is CC1CN(c2ccc(C(=O)Nc3ccnn3Cc3ccc(Cl)cc3)cn2)CC(C)O1. The first kappa shape index (κ1) is 20.4. The first-order chi connectivity index (χ1) is 14.5. The summed E-state index contributed by atoms with van der Waals surface area (Å²) in [6.07, 6.45) is 3.57. The van der Waals surface area contributed by atoms with Crippen LogP contribution in [0.25, 0.3) is 0 Å². The van der Waals surface area contributed by atoms with E-state index in [1.165, 1.54) is 0 Å². The van der Waals surface area contributed by atoms with Crippen molar-refractivity contribution in [3.05, 3.63) is 71.0 Å². The van der Waals surface area contributed by atoms with Gasteiger partial charge in [0.2, 0.25) is 0 Å². The number of rotatable bonds is 5. The van der Waals surface area contributed by atoms with Gasteiger partial charge in [-0.1, -0.05) is 23.7 Å². The highest BCUT2D eigenvalue weighted by Crippen LogP contribution is 2.19. The third-order valence-corrected chi connectivity index (χ3v) is 5.21. The first-order valence-electron chi connectivity index (χ1n) is 9.92. The highest BCUT2D eigenvalue weighted by molar-refractivity contribution is 6.30. The van der Waals surface area contributed by atoms with Crippen LogP contribution in [0.15, 0.2) is 54.9 Å². The van der Waals surface area contributed by atoms with Crippen molar-refractivity contribution in [3.63, 3.8) is 0 Å². The lowest BCUT2D eigenvalue weighted by atomic mass is 10.2. The molecule has 0 bridgehead atoms. The summed E-state index contributed by atoms with van der Waals surface area (Å²) in [6, 6.07) is 13.0. The smallest absolute Gasteiger partial charge is 0.258 e. The second-order valence-corrected chi connectivity index (χ2v) is 7.96. The Morgan fingerprint density at radius 3 is 2.53 bits per heavy atom. The fraction of sp³-hybridized carbons (Fsp3) is 0.318. The molecule has 7 nitrogen and oxygen atoms in total. The van der Waals surface area contributed by atoms with Crippen molar-refractivity contribution in [1.29, 1.82) is 0 Å². The van der Waals surface area contributed by atoms with Gasteiger partial charge in [-0.3, -0.25) is 4.79 Å². The molecule has 1 aliphatic rings. The number of benzene rings is 1. The topological polar surface area (TPSA) is 72.3 Å². The first-order valence-corrected chi connectivity index (χ1v) is 10.3. The fourth-order valence-electron chi connectivity index (χ4n) is 3.59. The molecule has 8 heteroatoms. The number of nitrogens with zero attached hydrogens (tertiary/aromatic N) is 4. The van der Waals surface area contributed by atoms with Gasteiger partial charge in [0, 0.05) is 30.4 Å². The molecule has 1 N–H and O–H groups in total. The number of nitrogens with one attached hydrogen (secondary N) is 1. The maximum absolute atomic E-state index is 12.7. The lowest BCUT2D eigenvalue weighted by Crippen LogP contribution is -2.45. The molecule has 4 rings (SSSR count). The Balaban J connectivity index is 1.42. The van der Waals surface area contributed by atoms with Crippen molar-refractivity contribution < 1.29 is 9.53 Å². The number of hydrogen-bond acceptors (Lipinski definition) is 5. The normalized spacial score (nSPS) is 19.0. The van der Waals surface area contributed by atoms with Crippen molar-refractivity contribution in [2.45, 2.75) is 32.6 Å². The molecular formula is C22H24ClN5O2. The molecule has 2 aromatic heterocycles. The summed E-state index contributed by atoms with van der Waals surface area (Å²) in [5.41, 5.74) is 1.53. The summed E-state index contributed by atoms with van der Waals surface area (Å²) in [5.74, 6) is 1.24. The number of hydrogen-bond donors (Lipinski definition) is 1. The number of ether oxygens (including phenoxy) is 1. The highest BCUT2D eigenvalue weighted by Gasteiger charge is 2.23. The third kappa shape index (κ3) is 4.80. The zero-order valence-corrected chi connectivity index (χ0v) is 17.7. The van der Waals surface area contributed by atoms with Crippen LogP contribution in [0.4, 0.5) is 11.6 Å². The second-order valence-electron chi connectivity index (χ2n) is 7.52. The van der Waals surface area contributed by atoms with Gasteiger partial charge >= 0.3 is 0 Å². The Morgan fingerprint density at radius 1 is 1.13 bits per heavy atom. The minimum atomic E-state index is -0.226. The van der Waals surface area contributed by atoms with Crippen LogP contribution in [0.5, 0.6) is 0 Å². The van der Waals surface area contributed by atoms with E-state index in [0.29, 0.717) is 22.9 Å². The van der Waals surface area contributed by atoms with Gasteiger partial charge in [-0.05, 0) is 43.7 Å². The van der Waals surface area contributed by atoms with Gasteiger partial charge in [-0.2, -0.15) is 5.10 Å². The summed E-state index contributed by atoms with van der Waals surface area (Å²) >= 11 is 5.94. The Kier molecular flexibility index (Phi) is 6.01. The van der Waals surface area contributed by atoms with E-state index in [1.54, 1.807) is 29.2 Å². The van der Waals surface area contributed by atoms with E-state index in [-0.39, 0.29) is 18.1 Å². The van der Waals surface area contributed by atoms with Crippen LogP contribution in [0, 0.1) is 0 Å². The molecule has 1 amide bonds. The number of morpholine rings is 1. The molecule has 0 aliphatic carbocycles. The van der Waals surface area contributed by atoms with Gasteiger partial charge < -0.3 is 15.0 Å². The van der Waals surface area contributed by atoms with E-state index in [0.717, 1.165) is 24.5 Å². The lowest BCUT2D eigenvalue weighted by Gasteiger charge is -2.36. The molecular weight excluding hydrogens is 402 g/mol. The average molecular weight is 426 g/mol. The van der Waals surface area contributed by atoms with Crippen LogP contribution in [0.2, 0.25) is 5.02 Å². The number of halogens is 1. The van der Waals surface area contributed by atoms with Crippen molar-refractivity contribution in [2.75, 3.05) is 23.3 Å². The minimum absolute atomic E-state index is 0.152. The Hall–Kier alpha value is -2.90. The predicted molar refractivity (Wildman–Crippen MR) is 117 cm³/mol. The van der Waals surface area contributed by atoms with Crippen molar-refractivity contribution in [2.24, 2.45) is 0 Å². The standard InChI is InChI=1S/C22H24ClN5O2/c1-15-12-27(13-16(2)30-15)20-8-5-18(11-24-20)22(29)26-21-9-10-25-28(21)14-17-3-6-19(23)7-4-17/h3-11,15-16H,12-14H2,1-2H3,(H,26,29). The van der Waals surface area contributed by atoms with Crippen molar-refractivity contribution in [1.82, 2.24) is 14.8 Å². The molecule has 3 heterocycles. The molecule has 2 unspecified atom stereocenters. The summed E-state index contributed by atoms with van der Waals surface area (Å²) < 4.78 is 7.51. The molecule has 156 valence electrons. The number of aromatic nitrogens is 3. The van der Waals surface area contributed by atoms with Crippen molar-refractivity contribution >= 4 is 29.1 Å². The van der Waals surface area contributed by atoms with Gasteiger partial charge in [0.05, 0.1) is 30.5 Å². The van der Waals surface area contributed by atoms with Gasteiger partial charge in [0.25, 0.3) is 5.91 Å². The summed E-state index contributed by atoms with van der Waals surface area (Å²) in [6.45, 7) is 6.21. The number of anilines is 2. The Morgan fingerprint density at radius 2 is 1.87 bits per heavy atom. The van der Waals surface area contributed by atoms with Crippen LogP contribution in [0.1, 0.15) is 29.8 Å². The number of carbonyl (C=O) groups excluding carboxylic acids is 1. The maximum atomic E-state index is 12.7. The van der Waals surface area contributed by atoms with Crippen LogP contribution in [0.3, 0.4) is 0 Å². The number of pyridine rings is 1. The molecule has 1 aliphatic heterocycles. The molecule has 1 fully saturated rings. The summed E-state index contributed by atoms with van der Waals surface area (Å²) in [7, 11) is 0. The summed E-state index contributed by atoms with van der Waals surface area (Å²) in [4.78, 5) is 19.4. The number of amides is 1. The van der Waals surface area contributed by atoms with E-state index in [4.69, 9.17) is 16.3 Å².